The first-order valence-electron chi connectivity index (χ1n) is 10.9. The lowest BCUT2D eigenvalue weighted by atomic mass is 9.80. The summed E-state index contributed by atoms with van der Waals surface area (Å²) < 4.78 is 82.1. The van der Waals surface area contributed by atoms with Crippen molar-refractivity contribution in [3.63, 3.8) is 0 Å². The van der Waals surface area contributed by atoms with E-state index in [2.05, 4.69) is 10.1 Å². The van der Waals surface area contributed by atoms with Crippen LogP contribution in [0.1, 0.15) is 68.2 Å². The summed E-state index contributed by atoms with van der Waals surface area (Å²) in [7, 11) is 0. The Balaban J connectivity index is 1.64. The van der Waals surface area contributed by atoms with E-state index < -0.39 is 48.3 Å². The second-order valence-electron chi connectivity index (χ2n) is 9.26. The number of carbonyl (C=O) groups is 1. The van der Waals surface area contributed by atoms with Crippen LogP contribution in [0.4, 0.5) is 26.3 Å². The van der Waals surface area contributed by atoms with Crippen LogP contribution in [0.5, 0.6) is 0 Å². The third kappa shape index (κ3) is 5.10. The molecule has 2 aromatic rings. The van der Waals surface area contributed by atoms with Crippen LogP contribution in [-0.2, 0) is 4.79 Å². The molecule has 1 amide bonds. The van der Waals surface area contributed by atoms with Crippen molar-refractivity contribution in [3.05, 3.63) is 29.5 Å². The van der Waals surface area contributed by atoms with E-state index in [9.17, 15) is 31.1 Å². The SMILES string of the molecule is NC(=O)C(CC(F)(F)F)[C@H](c1cnn2c(F)c([C@@H](N)C3CCC(F)(F)CC3)nc2c1)C1CC1. The Bertz CT molecular complexity index is 1020. The Morgan fingerprint density at radius 1 is 1.18 bits per heavy atom. The average molecular weight is 477 g/mol. The Kier molecular flexibility index (Phi) is 6.08. The number of amides is 1. The number of aromatic nitrogens is 3. The minimum atomic E-state index is -4.58. The molecule has 0 bridgehead atoms. The first-order valence-corrected chi connectivity index (χ1v) is 10.9. The molecule has 0 radical (unpaired) electrons. The second-order valence-corrected chi connectivity index (χ2v) is 9.26. The molecule has 2 aromatic heterocycles. The van der Waals surface area contributed by atoms with Crippen molar-refractivity contribution in [3.8, 4) is 0 Å². The van der Waals surface area contributed by atoms with Gasteiger partial charge in [0.15, 0.2) is 5.65 Å². The number of hydrogen-bond donors (Lipinski definition) is 2. The number of primary amides is 1. The van der Waals surface area contributed by atoms with E-state index in [1.807, 2.05) is 0 Å². The van der Waals surface area contributed by atoms with Crippen LogP contribution < -0.4 is 11.5 Å². The predicted octanol–water partition coefficient (Wildman–Crippen LogP) is 4.24. The van der Waals surface area contributed by atoms with Crippen LogP contribution in [0, 0.1) is 23.7 Å². The highest BCUT2D eigenvalue weighted by Gasteiger charge is 2.45. The number of rotatable bonds is 7. The topological polar surface area (TPSA) is 99.3 Å². The molecule has 0 saturated heterocycles. The van der Waals surface area contributed by atoms with Gasteiger partial charge >= 0.3 is 6.18 Å². The fraction of sp³-hybridized carbons (Fsp3) is 0.667. The van der Waals surface area contributed by atoms with Crippen LogP contribution in [0.2, 0.25) is 0 Å². The van der Waals surface area contributed by atoms with Crippen molar-refractivity contribution in [1.82, 2.24) is 14.6 Å². The number of fused-ring (bicyclic) bond motifs is 1. The van der Waals surface area contributed by atoms with E-state index in [1.165, 1.54) is 12.3 Å². The number of imidazole rings is 1. The molecule has 0 aromatic carbocycles. The van der Waals surface area contributed by atoms with Gasteiger partial charge in [-0.2, -0.15) is 27.2 Å². The summed E-state index contributed by atoms with van der Waals surface area (Å²) in [5, 5.41) is 3.99. The van der Waals surface area contributed by atoms with Gasteiger partial charge in [-0.25, -0.2) is 13.8 Å². The summed E-state index contributed by atoms with van der Waals surface area (Å²) in [4.78, 5) is 16.1. The molecule has 6 nitrogen and oxygen atoms in total. The molecular weight excluding hydrogens is 452 g/mol. The van der Waals surface area contributed by atoms with Crippen molar-refractivity contribution >= 4 is 11.6 Å². The van der Waals surface area contributed by atoms with Crippen LogP contribution in [-0.4, -0.2) is 32.6 Å². The monoisotopic (exact) mass is 477 g/mol. The molecule has 1 unspecified atom stereocenters. The summed E-state index contributed by atoms with van der Waals surface area (Å²) in [6, 6.07) is 0.477. The molecule has 0 spiro atoms. The van der Waals surface area contributed by atoms with Crippen LogP contribution in [0.3, 0.4) is 0 Å². The Morgan fingerprint density at radius 2 is 1.82 bits per heavy atom. The summed E-state index contributed by atoms with van der Waals surface area (Å²) in [6.07, 6.45) is -3.85. The third-order valence-electron chi connectivity index (χ3n) is 6.82. The van der Waals surface area contributed by atoms with Crippen molar-refractivity contribution in [1.29, 1.82) is 0 Å². The van der Waals surface area contributed by atoms with E-state index in [4.69, 9.17) is 11.5 Å². The Labute approximate surface area is 185 Å². The summed E-state index contributed by atoms with van der Waals surface area (Å²) in [6.45, 7) is 0. The third-order valence-corrected chi connectivity index (χ3v) is 6.82. The van der Waals surface area contributed by atoms with Gasteiger partial charge in [0, 0.05) is 18.8 Å². The maximum atomic E-state index is 15.0. The molecule has 2 heterocycles. The van der Waals surface area contributed by atoms with Gasteiger partial charge < -0.3 is 11.5 Å². The fourth-order valence-corrected chi connectivity index (χ4v) is 4.92. The van der Waals surface area contributed by atoms with Crippen molar-refractivity contribution < 1.29 is 31.1 Å². The molecule has 4 rings (SSSR count). The molecular formula is C21H25F6N5O. The van der Waals surface area contributed by atoms with Gasteiger partial charge in [0.25, 0.3) is 0 Å². The van der Waals surface area contributed by atoms with Gasteiger partial charge in [-0.15, -0.1) is 0 Å². The van der Waals surface area contributed by atoms with Crippen molar-refractivity contribution in [2.45, 2.75) is 69.0 Å². The highest BCUT2D eigenvalue weighted by molar-refractivity contribution is 5.78. The van der Waals surface area contributed by atoms with Crippen molar-refractivity contribution in [2.75, 3.05) is 0 Å². The summed E-state index contributed by atoms with van der Waals surface area (Å²) in [5.41, 5.74) is 11.7. The fourth-order valence-electron chi connectivity index (χ4n) is 4.92. The van der Waals surface area contributed by atoms with E-state index >= 15 is 0 Å². The average Bonchev–Trinajstić information content (AvgIpc) is 3.49. The predicted molar refractivity (Wildman–Crippen MR) is 106 cm³/mol. The highest BCUT2D eigenvalue weighted by atomic mass is 19.4. The molecule has 33 heavy (non-hydrogen) atoms. The van der Waals surface area contributed by atoms with Gasteiger partial charge in [-0.3, -0.25) is 4.79 Å². The van der Waals surface area contributed by atoms with Gasteiger partial charge in [-0.05, 0) is 49.1 Å². The van der Waals surface area contributed by atoms with E-state index in [1.54, 1.807) is 0 Å². The molecule has 182 valence electrons. The summed E-state index contributed by atoms with van der Waals surface area (Å²) >= 11 is 0. The molecule has 2 aliphatic rings. The van der Waals surface area contributed by atoms with Gasteiger partial charge in [0.1, 0.15) is 5.69 Å². The molecule has 2 fully saturated rings. The zero-order chi connectivity index (χ0) is 24.1. The molecule has 0 aliphatic heterocycles. The first-order chi connectivity index (χ1) is 15.4. The van der Waals surface area contributed by atoms with Gasteiger partial charge in [0.2, 0.25) is 17.8 Å². The minimum Gasteiger partial charge on any atom is -0.369 e. The first kappa shape index (κ1) is 23.8. The lowest BCUT2D eigenvalue weighted by Crippen LogP contribution is -2.34. The lowest BCUT2D eigenvalue weighted by molar-refractivity contribution is -0.155. The normalized spacial score (nSPS) is 22.3. The zero-order valence-corrected chi connectivity index (χ0v) is 17.7. The van der Waals surface area contributed by atoms with E-state index in [0.717, 1.165) is 4.52 Å². The molecule has 4 N–H and O–H groups in total. The number of alkyl halides is 5. The van der Waals surface area contributed by atoms with E-state index in [-0.39, 0.29) is 48.9 Å². The highest BCUT2D eigenvalue weighted by Crippen LogP contribution is 2.49. The maximum Gasteiger partial charge on any atom is 0.389 e. The van der Waals surface area contributed by atoms with Crippen LogP contribution in [0.25, 0.3) is 5.65 Å². The maximum absolute atomic E-state index is 15.0. The Hall–Kier alpha value is -2.37. The van der Waals surface area contributed by atoms with Crippen molar-refractivity contribution in [2.24, 2.45) is 29.2 Å². The smallest absolute Gasteiger partial charge is 0.369 e. The standard InChI is InChI=1S/C21H25F6N5O/c22-18-17(16(28)11-3-5-20(23,24)6-4-11)31-14-7-12(9-30-32(14)18)15(10-1-2-10)13(19(29)33)8-21(25,26)27/h7,9-11,13,15-16H,1-6,8,28H2,(H2,29,33)/t13?,15-,16-/m0/s1. The number of nitrogens with zero attached hydrogens (tertiary/aromatic N) is 3. The van der Waals surface area contributed by atoms with Crippen LogP contribution >= 0.6 is 0 Å². The lowest BCUT2D eigenvalue weighted by Gasteiger charge is -2.31. The Morgan fingerprint density at radius 3 is 2.36 bits per heavy atom. The molecule has 2 saturated carbocycles. The summed E-state index contributed by atoms with van der Waals surface area (Å²) in [5.74, 6) is -7.50. The van der Waals surface area contributed by atoms with Gasteiger partial charge in [-0.1, -0.05) is 0 Å². The largest absolute Gasteiger partial charge is 0.389 e. The zero-order valence-electron chi connectivity index (χ0n) is 17.7. The number of hydrogen-bond acceptors (Lipinski definition) is 4. The minimum absolute atomic E-state index is 0.0254. The second kappa shape index (κ2) is 8.44. The number of halogens is 6. The van der Waals surface area contributed by atoms with Crippen LogP contribution in [0.15, 0.2) is 12.3 Å². The molecule has 2 aliphatic carbocycles. The molecule has 12 heteroatoms. The number of carbonyl (C=O) groups excluding carboxylic acids is 1. The number of nitrogens with two attached hydrogens (primary N) is 2. The van der Waals surface area contributed by atoms with E-state index in [0.29, 0.717) is 18.4 Å². The molecule has 3 atom stereocenters. The quantitative estimate of drug-likeness (QED) is 0.583. The van der Waals surface area contributed by atoms with Gasteiger partial charge in [0.05, 0.1) is 24.6 Å².